The first-order valence-electron chi connectivity index (χ1n) is 8.20. The fourth-order valence-corrected chi connectivity index (χ4v) is 6.14. The molecular formula is C18H23BrO2. The van der Waals surface area contributed by atoms with Gasteiger partial charge in [-0.2, -0.15) is 0 Å². The molecule has 21 heavy (non-hydrogen) atoms. The van der Waals surface area contributed by atoms with E-state index in [1.54, 1.807) is 0 Å². The van der Waals surface area contributed by atoms with Gasteiger partial charge in [-0.05, 0) is 94.8 Å². The molecule has 4 rings (SSSR count). The Hall–Kier alpha value is -0.540. The Labute approximate surface area is 134 Å². The molecular weight excluding hydrogens is 328 g/mol. The number of hydrogen-bond donors (Lipinski definition) is 2. The number of halogens is 1. The van der Waals surface area contributed by atoms with E-state index in [1.165, 1.54) is 30.4 Å². The second-order valence-electron chi connectivity index (χ2n) is 7.52. The van der Waals surface area contributed by atoms with E-state index in [-0.39, 0.29) is 11.5 Å². The Balaban J connectivity index is 1.74. The van der Waals surface area contributed by atoms with Crippen LogP contribution in [0.4, 0.5) is 0 Å². The Morgan fingerprint density at radius 1 is 1.19 bits per heavy atom. The number of fused-ring (bicyclic) bond motifs is 5. The molecule has 1 aromatic rings. The molecule has 2 nitrogen and oxygen atoms in total. The van der Waals surface area contributed by atoms with Crippen LogP contribution in [0.1, 0.15) is 56.1 Å². The van der Waals surface area contributed by atoms with Crippen LogP contribution in [0.3, 0.4) is 0 Å². The summed E-state index contributed by atoms with van der Waals surface area (Å²) in [4.78, 5) is 0. The van der Waals surface area contributed by atoms with E-state index < -0.39 is 0 Å². The summed E-state index contributed by atoms with van der Waals surface area (Å²) in [5.41, 5.74) is 2.91. The molecule has 0 spiro atoms. The molecule has 2 saturated carbocycles. The highest BCUT2D eigenvalue weighted by atomic mass is 79.9. The Kier molecular flexibility index (Phi) is 3.17. The van der Waals surface area contributed by atoms with E-state index in [1.807, 2.05) is 6.07 Å². The first kappa shape index (κ1) is 14.1. The van der Waals surface area contributed by atoms with E-state index in [2.05, 4.69) is 28.9 Å². The number of benzene rings is 1. The third kappa shape index (κ3) is 1.86. The molecule has 0 heterocycles. The zero-order valence-electron chi connectivity index (χ0n) is 12.5. The number of aliphatic hydroxyl groups excluding tert-OH is 1. The molecule has 3 heteroatoms. The standard InChI is InChI=1S/C18H23BrO2/c1-18-9-8-11-10-4-6-15(20)17(19)13(10)3-2-12(11)14(18)5-7-16(18)21/h4,6,11-12,14,16,20-21H,2-3,5,7-9H2,1H3/t11?,12?,14?,16-,18-/m0/s1. The fourth-order valence-electron chi connectivity index (χ4n) is 5.58. The van der Waals surface area contributed by atoms with Crippen LogP contribution in [0.15, 0.2) is 16.6 Å². The van der Waals surface area contributed by atoms with Crippen LogP contribution >= 0.6 is 15.9 Å². The molecule has 0 aliphatic heterocycles. The molecule has 3 aliphatic carbocycles. The molecule has 0 aromatic heterocycles. The summed E-state index contributed by atoms with van der Waals surface area (Å²) in [7, 11) is 0. The SMILES string of the molecule is C[C@]12CCC3c4ccc(O)c(Br)c4CCC3C1CC[C@@H]2O. The van der Waals surface area contributed by atoms with Crippen LogP contribution in [-0.4, -0.2) is 16.3 Å². The molecule has 0 saturated heterocycles. The lowest BCUT2D eigenvalue weighted by molar-refractivity contribution is -0.0226. The van der Waals surface area contributed by atoms with Crippen LogP contribution in [0, 0.1) is 17.3 Å². The second kappa shape index (κ2) is 4.73. The molecule has 0 radical (unpaired) electrons. The number of phenolic OH excluding ortho intramolecular Hbond substituents is 1. The molecule has 2 fully saturated rings. The highest BCUT2D eigenvalue weighted by Gasteiger charge is 2.54. The molecule has 2 N–H and O–H groups in total. The van der Waals surface area contributed by atoms with Gasteiger partial charge in [0.05, 0.1) is 10.6 Å². The predicted octanol–water partition coefficient (Wildman–Crippen LogP) is 4.37. The van der Waals surface area contributed by atoms with E-state index in [0.29, 0.717) is 23.5 Å². The molecule has 0 amide bonds. The van der Waals surface area contributed by atoms with Gasteiger partial charge < -0.3 is 10.2 Å². The van der Waals surface area contributed by atoms with Gasteiger partial charge in [0.15, 0.2) is 0 Å². The van der Waals surface area contributed by atoms with Gasteiger partial charge in [0.2, 0.25) is 0 Å². The van der Waals surface area contributed by atoms with Crippen molar-refractivity contribution in [3.05, 3.63) is 27.7 Å². The van der Waals surface area contributed by atoms with E-state index >= 15 is 0 Å². The monoisotopic (exact) mass is 350 g/mol. The number of aliphatic hydroxyl groups is 1. The molecule has 1 aromatic carbocycles. The highest BCUT2D eigenvalue weighted by Crippen LogP contribution is 2.61. The van der Waals surface area contributed by atoms with Gasteiger partial charge in [0.25, 0.3) is 0 Å². The zero-order valence-corrected chi connectivity index (χ0v) is 14.1. The van der Waals surface area contributed by atoms with Gasteiger partial charge in [-0.1, -0.05) is 13.0 Å². The third-order valence-corrected chi connectivity index (χ3v) is 7.66. The van der Waals surface area contributed by atoms with Crippen LogP contribution in [0.5, 0.6) is 5.75 Å². The minimum Gasteiger partial charge on any atom is -0.507 e. The first-order chi connectivity index (χ1) is 10.0. The minimum absolute atomic E-state index is 0.101. The molecule has 3 aliphatic rings. The maximum atomic E-state index is 10.4. The van der Waals surface area contributed by atoms with Crippen molar-refractivity contribution in [3.63, 3.8) is 0 Å². The number of phenols is 1. The third-order valence-electron chi connectivity index (χ3n) is 6.77. The summed E-state index contributed by atoms with van der Waals surface area (Å²) < 4.78 is 0.901. The van der Waals surface area contributed by atoms with Crippen molar-refractivity contribution < 1.29 is 10.2 Å². The number of aromatic hydroxyl groups is 1. The van der Waals surface area contributed by atoms with E-state index in [4.69, 9.17) is 0 Å². The normalized spacial score (nSPS) is 41.3. The van der Waals surface area contributed by atoms with Crippen LogP contribution in [-0.2, 0) is 6.42 Å². The minimum atomic E-state index is -0.101. The maximum absolute atomic E-state index is 10.4. The lowest BCUT2D eigenvalue weighted by Crippen LogP contribution is -2.43. The van der Waals surface area contributed by atoms with E-state index in [0.717, 1.165) is 23.7 Å². The smallest absolute Gasteiger partial charge is 0.130 e. The number of hydrogen-bond acceptors (Lipinski definition) is 2. The topological polar surface area (TPSA) is 40.5 Å². The van der Waals surface area contributed by atoms with Crippen molar-refractivity contribution in [1.29, 1.82) is 0 Å². The van der Waals surface area contributed by atoms with Crippen molar-refractivity contribution in [2.75, 3.05) is 0 Å². The van der Waals surface area contributed by atoms with Gasteiger partial charge in [0, 0.05) is 0 Å². The molecule has 0 bridgehead atoms. The summed E-state index contributed by atoms with van der Waals surface area (Å²) in [6.07, 6.45) is 6.64. The van der Waals surface area contributed by atoms with Crippen LogP contribution < -0.4 is 0 Å². The first-order valence-corrected chi connectivity index (χ1v) is 9.00. The highest BCUT2D eigenvalue weighted by molar-refractivity contribution is 9.10. The van der Waals surface area contributed by atoms with Crippen LogP contribution in [0.25, 0.3) is 0 Å². The van der Waals surface area contributed by atoms with Crippen LogP contribution in [0.2, 0.25) is 0 Å². The maximum Gasteiger partial charge on any atom is 0.130 e. The lowest BCUT2D eigenvalue weighted by atomic mass is 9.55. The van der Waals surface area contributed by atoms with Gasteiger partial charge in [-0.15, -0.1) is 0 Å². The van der Waals surface area contributed by atoms with Gasteiger partial charge in [0.1, 0.15) is 5.75 Å². The van der Waals surface area contributed by atoms with Crippen molar-refractivity contribution in [3.8, 4) is 5.75 Å². The van der Waals surface area contributed by atoms with Crippen molar-refractivity contribution in [1.82, 2.24) is 0 Å². The average molecular weight is 351 g/mol. The van der Waals surface area contributed by atoms with Crippen molar-refractivity contribution in [2.24, 2.45) is 17.3 Å². The molecule has 5 atom stereocenters. The Morgan fingerprint density at radius 3 is 2.81 bits per heavy atom. The summed E-state index contributed by atoms with van der Waals surface area (Å²) in [5, 5.41) is 20.3. The Bertz CT molecular complexity index is 585. The summed E-state index contributed by atoms with van der Waals surface area (Å²) >= 11 is 3.57. The molecule has 3 unspecified atom stereocenters. The second-order valence-corrected chi connectivity index (χ2v) is 8.31. The van der Waals surface area contributed by atoms with E-state index in [9.17, 15) is 10.2 Å². The summed E-state index contributed by atoms with van der Waals surface area (Å²) in [5.74, 6) is 2.37. The quantitative estimate of drug-likeness (QED) is 0.729. The van der Waals surface area contributed by atoms with Crippen molar-refractivity contribution in [2.45, 2.75) is 57.5 Å². The largest absolute Gasteiger partial charge is 0.507 e. The molecule has 114 valence electrons. The Morgan fingerprint density at radius 2 is 2.00 bits per heavy atom. The summed E-state index contributed by atoms with van der Waals surface area (Å²) in [6, 6.07) is 3.98. The van der Waals surface area contributed by atoms with Gasteiger partial charge in [-0.3, -0.25) is 0 Å². The summed E-state index contributed by atoms with van der Waals surface area (Å²) in [6.45, 7) is 2.31. The van der Waals surface area contributed by atoms with Crippen molar-refractivity contribution >= 4 is 15.9 Å². The predicted molar refractivity (Wildman–Crippen MR) is 86.4 cm³/mol. The average Bonchev–Trinajstić information content (AvgIpc) is 2.78. The van der Waals surface area contributed by atoms with Gasteiger partial charge >= 0.3 is 0 Å². The zero-order chi connectivity index (χ0) is 14.8. The lowest BCUT2D eigenvalue weighted by Gasteiger charge is -2.50. The van der Waals surface area contributed by atoms with Gasteiger partial charge in [-0.25, -0.2) is 0 Å². The fraction of sp³-hybridized carbons (Fsp3) is 0.667. The number of rotatable bonds is 0.